The van der Waals surface area contributed by atoms with Gasteiger partial charge in [0.25, 0.3) is 0 Å². The van der Waals surface area contributed by atoms with Gasteiger partial charge in [0.05, 0.1) is 0 Å². The maximum absolute atomic E-state index is 11.9. The van der Waals surface area contributed by atoms with Crippen molar-refractivity contribution in [3.8, 4) is 5.75 Å². The zero-order valence-electron chi connectivity index (χ0n) is 14.6. The zero-order valence-corrected chi connectivity index (χ0v) is 14.6. The predicted molar refractivity (Wildman–Crippen MR) is 92.4 cm³/mol. The number of nitrogens with one attached hydrogen (secondary N) is 1. The molecule has 0 saturated heterocycles. The Hall–Kier alpha value is -2.90. The monoisotopic (exact) mass is 345 g/mol. The smallest absolute Gasteiger partial charge is 0.408 e. The van der Waals surface area contributed by atoms with Gasteiger partial charge in [-0.1, -0.05) is 30.0 Å². The van der Waals surface area contributed by atoms with Crippen LogP contribution in [0.1, 0.15) is 38.2 Å². The Morgan fingerprint density at radius 1 is 1.40 bits per heavy atom. The van der Waals surface area contributed by atoms with Crippen LogP contribution < -0.4 is 4.74 Å². The number of hydrogen-bond acceptors (Lipinski definition) is 5. The van der Waals surface area contributed by atoms with E-state index in [0.717, 1.165) is 11.3 Å². The van der Waals surface area contributed by atoms with Crippen molar-refractivity contribution in [1.82, 2.24) is 25.5 Å². The maximum atomic E-state index is 11.9. The number of amides is 1. The van der Waals surface area contributed by atoms with Crippen LogP contribution in [-0.2, 0) is 6.42 Å². The third kappa shape index (κ3) is 4.79. The summed E-state index contributed by atoms with van der Waals surface area (Å²) in [4.78, 5) is 13.2. The van der Waals surface area contributed by atoms with Crippen LogP contribution in [0.5, 0.6) is 5.75 Å². The van der Waals surface area contributed by atoms with Crippen LogP contribution in [0, 0.1) is 0 Å². The Labute approximate surface area is 146 Å². The molecular weight excluding hydrogens is 322 g/mol. The highest BCUT2D eigenvalue weighted by molar-refractivity contribution is 5.66. The third-order valence-electron chi connectivity index (χ3n) is 3.62. The number of aromatic nitrogens is 4. The summed E-state index contributed by atoms with van der Waals surface area (Å²) < 4.78 is 5.47. The van der Waals surface area contributed by atoms with Gasteiger partial charge in [0.1, 0.15) is 18.4 Å². The third-order valence-corrected chi connectivity index (χ3v) is 3.62. The van der Waals surface area contributed by atoms with Gasteiger partial charge in [-0.25, -0.2) is 4.79 Å². The largest absolute Gasteiger partial charge is 0.490 e. The van der Waals surface area contributed by atoms with E-state index in [0.29, 0.717) is 18.9 Å². The molecule has 0 radical (unpaired) electrons. The summed E-state index contributed by atoms with van der Waals surface area (Å²) in [7, 11) is 0. The number of carbonyl (C=O) groups is 1. The first-order valence-corrected chi connectivity index (χ1v) is 7.91. The van der Waals surface area contributed by atoms with Crippen LogP contribution in [0.25, 0.3) is 0 Å². The van der Waals surface area contributed by atoms with E-state index in [4.69, 9.17) is 4.74 Å². The summed E-state index contributed by atoms with van der Waals surface area (Å²) in [6, 6.07) is 6.92. The highest BCUT2D eigenvalue weighted by atomic mass is 16.5. The van der Waals surface area contributed by atoms with E-state index in [-0.39, 0.29) is 0 Å². The molecule has 0 aliphatic rings. The normalized spacial score (nSPS) is 12.4. The van der Waals surface area contributed by atoms with Crippen LogP contribution in [-0.4, -0.2) is 48.9 Å². The van der Waals surface area contributed by atoms with Crippen molar-refractivity contribution in [2.75, 3.05) is 6.61 Å². The van der Waals surface area contributed by atoms with Crippen molar-refractivity contribution in [2.24, 2.45) is 0 Å². The molecule has 0 bridgehead atoms. The van der Waals surface area contributed by atoms with Gasteiger partial charge in [-0.15, -0.1) is 10.2 Å². The fraction of sp³-hybridized carbons (Fsp3) is 0.412. The average Bonchev–Trinajstić information content (AvgIpc) is 3.06. The average molecular weight is 345 g/mol. The lowest BCUT2D eigenvalue weighted by molar-refractivity contribution is 0.0668. The molecule has 0 aliphatic heterocycles. The van der Waals surface area contributed by atoms with Crippen molar-refractivity contribution < 1.29 is 14.6 Å². The number of rotatable bonds is 7. The summed E-state index contributed by atoms with van der Waals surface area (Å²) in [6.45, 7) is 9.54. The minimum Gasteiger partial charge on any atom is -0.490 e. The highest BCUT2D eigenvalue weighted by Crippen LogP contribution is 2.29. The zero-order chi connectivity index (χ0) is 18.4. The van der Waals surface area contributed by atoms with E-state index in [1.54, 1.807) is 6.08 Å². The minimum absolute atomic E-state index is 0.337. The molecule has 0 spiro atoms. The van der Waals surface area contributed by atoms with E-state index in [9.17, 15) is 9.90 Å². The molecule has 134 valence electrons. The topological polar surface area (TPSA) is 104 Å². The molecule has 2 aromatic rings. The highest BCUT2D eigenvalue weighted by Gasteiger charge is 2.36. The second kappa shape index (κ2) is 7.78. The lowest BCUT2D eigenvalue weighted by Gasteiger charge is -2.38. The number of carboxylic acid groups (broad SMARTS) is 1. The number of ether oxygens (including phenoxy) is 1. The summed E-state index contributed by atoms with van der Waals surface area (Å²) in [5.74, 6) is 1.06. The van der Waals surface area contributed by atoms with E-state index in [2.05, 4.69) is 27.2 Å². The van der Waals surface area contributed by atoms with E-state index < -0.39 is 17.7 Å². The van der Waals surface area contributed by atoms with Crippen molar-refractivity contribution >= 4 is 6.09 Å². The lowest BCUT2D eigenvalue weighted by Crippen LogP contribution is -2.48. The van der Waals surface area contributed by atoms with Gasteiger partial charge in [-0.2, -0.15) is 5.21 Å². The molecule has 25 heavy (non-hydrogen) atoms. The fourth-order valence-electron chi connectivity index (χ4n) is 2.60. The summed E-state index contributed by atoms with van der Waals surface area (Å²) >= 11 is 0. The van der Waals surface area contributed by atoms with Gasteiger partial charge in [0.2, 0.25) is 0 Å². The Balaban J connectivity index is 2.28. The molecule has 0 saturated carbocycles. The molecule has 1 atom stereocenters. The van der Waals surface area contributed by atoms with Crippen LogP contribution in [0.3, 0.4) is 0 Å². The quantitative estimate of drug-likeness (QED) is 0.748. The summed E-state index contributed by atoms with van der Waals surface area (Å²) in [5.41, 5.74) is 0.320. The Morgan fingerprint density at radius 3 is 2.56 bits per heavy atom. The Kier molecular flexibility index (Phi) is 5.74. The molecule has 1 heterocycles. The first-order valence-electron chi connectivity index (χ1n) is 7.91. The first-order chi connectivity index (χ1) is 11.8. The van der Waals surface area contributed by atoms with E-state index in [1.165, 1.54) is 4.90 Å². The van der Waals surface area contributed by atoms with Gasteiger partial charge >= 0.3 is 6.09 Å². The SMILES string of the molecule is C=CCOc1ccc(C[C@@H](c2nn[nH]n2)N(C(=O)O)C(C)(C)C)cc1. The van der Waals surface area contributed by atoms with Gasteiger partial charge in [-0.3, -0.25) is 4.90 Å². The molecule has 0 unspecified atom stereocenters. The van der Waals surface area contributed by atoms with Crippen molar-refractivity contribution in [3.05, 3.63) is 48.3 Å². The number of nitrogens with zero attached hydrogens (tertiary/aromatic N) is 4. The summed E-state index contributed by atoms with van der Waals surface area (Å²) in [5, 5.41) is 23.7. The number of hydrogen-bond donors (Lipinski definition) is 2. The predicted octanol–water partition coefficient (Wildman–Crippen LogP) is 2.83. The molecule has 8 heteroatoms. The minimum atomic E-state index is -1.03. The van der Waals surface area contributed by atoms with Gasteiger partial charge in [0, 0.05) is 12.0 Å². The van der Waals surface area contributed by atoms with E-state index in [1.807, 2.05) is 45.0 Å². The standard InChI is InChI=1S/C17H23N5O3/c1-5-10-25-13-8-6-12(7-9-13)11-14(15-18-20-21-19-15)22(16(23)24)17(2,3)4/h5-9,14H,1,10-11H2,2-4H3,(H,23,24)(H,18,19,20,21)/t14-/m0/s1. The molecule has 8 nitrogen and oxygen atoms in total. The van der Waals surface area contributed by atoms with Gasteiger partial charge < -0.3 is 9.84 Å². The Morgan fingerprint density at radius 2 is 2.08 bits per heavy atom. The van der Waals surface area contributed by atoms with Crippen LogP contribution in [0.2, 0.25) is 0 Å². The second-order valence-corrected chi connectivity index (χ2v) is 6.56. The molecular formula is C17H23N5O3. The molecule has 1 aromatic heterocycles. The van der Waals surface area contributed by atoms with Gasteiger partial charge in [-0.05, 0) is 38.5 Å². The first kappa shape index (κ1) is 18.4. The van der Waals surface area contributed by atoms with Crippen LogP contribution in [0.4, 0.5) is 4.79 Å². The van der Waals surface area contributed by atoms with Crippen molar-refractivity contribution in [3.63, 3.8) is 0 Å². The van der Waals surface area contributed by atoms with Crippen LogP contribution in [0.15, 0.2) is 36.9 Å². The molecule has 0 fully saturated rings. The molecule has 2 N–H and O–H groups in total. The van der Waals surface area contributed by atoms with Crippen LogP contribution >= 0.6 is 0 Å². The second-order valence-electron chi connectivity index (χ2n) is 6.56. The summed E-state index contributed by atoms with van der Waals surface area (Å²) in [6.07, 6.45) is 1.06. The Bertz CT molecular complexity index is 692. The maximum Gasteiger partial charge on any atom is 0.408 e. The molecule has 2 rings (SSSR count). The molecule has 0 aliphatic carbocycles. The van der Waals surface area contributed by atoms with E-state index >= 15 is 0 Å². The molecule has 1 aromatic carbocycles. The molecule has 1 amide bonds. The number of tetrazole rings is 1. The number of H-pyrrole nitrogens is 1. The lowest BCUT2D eigenvalue weighted by atomic mass is 9.98. The number of benzene rings is 1. The van der Waals surface area contributed by atoms with Crippen molar-refractivity contribution in [2.45, 2.75) is 38.8 Å². The fourth-order valence-corrected chi connectivity index (χ4v) is 2.60. The van der Waals surface area contributed by atoms with Crippen molar-refractivity contribution in [1.29, 1.82) is 0 Å². The number of aromatic amines is 1. The van der Waals surface area contributed by atoms with Gasteiger partial charge in [0.15, 0.2) is 5.82 Å².